The highest BCUT2D eigenvalue weighted by Gasteiger charge is 2.19. The fourth-order valence-electron chi connectivity index (χ4n) is 1.49. The largest absolute Gasteiger partial charge is 1.00 e. The Labute approximate surface area is 107 Å². The Morgan fingerprint density at radius 3 is 2.29 bits per heavy atom. The number of hydrogen-bond acceptors (Lipinski definition) is 3. The molecule has 1 aromatic carbocycles. The lowest BCUT2D eigenvalue weighted by molar-refractivity contribution is -0.00000399. The molecule has 0 radical (unpaired) electrons. The van der Waals surface area contributed by atoms with Gasteiger partial charge in [0.2, 0.25) is 5.88 Å². The van der Waals surface area contributed by atoms with Crippen molar-refractivity contribution in [3.8, 4) is 5.88 Å². The maximum atomic E-state index is 5.30. The summed E-state index contributed by atoms with van der Waals surface area (Å²) in [7, 11) is 7.73. The van der Waals surface area contributed by atoms with Crippen LogP contribution in [0.4, 0.5) is 5.95 Å². The molecule has 0 saturated carbocycles. The maximum Gasteiger partial charge on any atom is 0.332 e. The first-order valence-corrected chi connectivity index (χ1v) is 5.15. The summed E-state index contributed by atoms with van der Waals surface area (Å²) in [6, 6.07) is 7.86. The Bertz CT molecular complexity index is 523. The van der Waals surface area contributed by atoms with Crippen molar-refractivity contribution in [2.75, 3.05) is 28.3 Å². The van der Waals surface area contributed by atoms with E-state index in [2.05, 4.69) is 9.97 Å². The molecular formula is C12H16ClN3O. The van der Waals surface area contributed by atoms with Crippen LogP contribution in [-0.2, 0) is 0 Å². The monoisotopic (exact) mass is 253 g/mol. The van der Waals surface area contributed by atoms with Gasteiger partial charge in [-0.05, 0) is 12.1 Å². The Balaban J connectivity index is 0.00000144. The van der Waals surface area contributed by atoms with Gasteiger partial charge in [0, 0.05) is 0 Å². The lowest BCUT2D eigenvalue weighted by atomic mass is 10.2. The van der Waals surface area contributed by atoms with E-state index >= 15 is 0 Å². The molecule has 0 aliphatic heterocycles. The molecule has 92 valence electrons. The van der Waals surface area contributed by atoms with E-state index in [0.717, 1.165) is 16.9 Å². The number of ether oxygens (including phenoxy) is 1. The molecule has 0 unspecified atom stereocenters. The highest BCUT2D eigenvalue weighted by Crippen LogP contribution is 2.25. The third kappa shape index (κ3) is 2.65. The van der Waals surface area contributed by atoms with Crippen LogP contribution in [0.2, 0.25) is 0 Å². The normalized spacial score (nSPS) is 11.1. The molecule has 0 N–H and O–H groups in total. The van der Waals surface area contributed by atoms with E-state index in [0.29, 0.717) is 10.4 Å². The summed E-state index contributed by atoms with van der Waals surface area (Å²) in [5.74, 6) is 1.38. The van der Waals surface area contributed by atoms with Gasteiger partial charge < -0.3 is 17.1 Å². The van der Waals surface area contributed by atoms with Gasteiger partial charge in [-0.1, -0.05) is 12.1 Å². The molecule has 5 heteroatoms. The zero-order chi connectivity index (χ0) is 11.8. The highest BCUT2D eigenvalue weighted by atomic mass is 35.5. The first-order chi connectivity index (χ1) is 7.52. The highest BCUT2D eigenvalue weighted by molar-refractivity contribution is 5.84. The van der Waals surface area contributed by atoms with Crippen molar-refractivity contribution in [3.63, 3.8) is 0 Å². The third-order valence-electron chi connectivity index (χ3n) is 2.35. The van der Waals surface area contributed by atoms with Crippen molar-refractivity contribution in [1.29, 1.82) is 0 Å². The van der Waals surface area contributed by atoms with Gasteiger partial charge in [0.15, 0.2) is 0 Å². The fourth-order valence-corrected chi connectivity index (χ4v) is 1.49. The Morgan fingerprint density at radius 2 is 1.71 bits per heavy atom. The molecule has 0 spiro atoms. The zero-order valence-corrected chi connectivity index (χ0v) is 11.2. The minimum Gasteiger partial charge on any atom is -1.00 e. The van der Waals surface area contributed by atoms with Crippen molar-refractivity contribution in [1.82, 2.24) is 14.5 Å². The van der Waals surface area contributed by atoms with E-state index < -0.39 is 0 Å². The third-order valence-corrected chi connectivity index (χ3v) is 2.35. The van der Waals surface area contributed by atoms with Crippen LogP contribution in [0.5, 0.6) is 5.88 Å². The number of aromatic nitrogens is 2. The number of rotatable bonds is 2. The summed E-state index contributed by atoms with van der Waals surface area (Å²) < 4.78 is 5.87. The molecule has 2 aromatic rings. The second-order valence-electron chi connectivity index (χ2n) is 4.56. The van der Waals surface area contributed by atoms with Gasteiger partial charge in [-0.3, -0.25) is 4.48 Å². The van der Waals surface area contributed by atoms with Crippen LogP contribution in [0.1, 0.15) is 0 Å². The number of hydrogen-bond donors (Lipinski definition) is 0. The molecular weight excluding hydrogens is 238 g/mol. The van der Waals surface area contributed by atoms with Crippen molar-refractivity contribution in [3.05, 3.63) is 24.3 Å². The number of halogens is 1. The van der Waals surface area contributed by atoms with E-state index in [4.69, 9.17) is 4.74 Å². The van der Waals surface area contributed by atoms with Gasteiger partial charge in [0.1, 0.15) is 0 Å². The van der Waals surface area contributed by atoms with Crippen molar-refractivity contribution >= 4 is 16.9 Å². The number of fused-ring (bicyclic) bond motifs is 1. The van der Waals surface area contributed by atoms with E-state index in [1.165, 1.54) is 0 Å². The Kier molecular flexibility index (Phi) is 3.91. The minimum atomic E-state index is 0. The molecule has 0 aliphatic rings. The molecule has 0 fully saturated rings. The summed E-state index contributed by atoms with van der Waals surface area (Å²) in [5, 5.41) is 0.946. The minimum absolute atomic E-state index is 0. The lowest BCUT2D eigenvalue weighted by Gasteiger charge is -2.20. The van der Waals surface area contributed by atoms with E-state index in [1.807, 2.05) is 45.4 Å². The first kappa shape index (κ1) is 13.7. The van der Waals surface area contributed by atoms with Gasteiger partial charge in [0.25, 0.3) is 0 Å². The van der Waals surface area contributed by atoms with Gasteiger partial charge in [0.05, 0.1) is 39.2 Å². The summed E-state index contributed by atoms with van der Waals surface area (Å²) in [4.78, 5) is 8.97. The first-order valence-electron chi connectivity index (χ1n) is 5.15. The van der Waals surface area contributed by atoms with Crippen LogP contribution >= 0.6 is 0 Å². The van der Waals surface area contributed by atoms with Crippen LogP contribution in [0.25, 0.3) is 10.9 Å². The van der Waals surface area contributed by atoms with E-state index in [1.54, 1.807) is 7.11 Å². The van der Waals surface area contributed by atoms with Gasteiger partial charge in [-0.2, -0.15) is 4.98 Å². The number of quaternary nitrogens is 1. The molecule has 1 aromatic heterocycles. The number of para-hydroxylation sites is 1. The number of nitrogens with zero attached hydrogens (tertiary/aromatic N) is 3. The number of benzene rings is 1. The standard InChI is InChI=1S/C12H16N3O.ClH/c1-15(2,3)12-13-10-8-6-5-7-9(10)11(14-12)16-4;/h5-8H,1-4H3;1H/q+1;/p-1. The average molecular weight is 254 g/mol. The summed E-state index contributed by atoms with van der Waals surface area (Å²) in [5.41, 5.74) is 0.914. The summed E-state index contributed by atoms with van der Waals surface area (Å²) >= 11 is 0. The van der Waals surface area contributed by atoms with Crippen LogP contribution in [0.3, 0.4) is 0 Å². The van der Waals surface area contributed by atoms with Crippen LogP contribution in [0, 0.1) is 0 Å². The van der Waals surface area contributed by atoms with Crippen LogP contribution < -0.4 is 21.6 Å². The Morgan fingerprint density at radius 1 is 1.06 bits per heavy atom. The van der Waals surface area contributed by atoms with Crippen molar-refractivity contribution in [2.24, 2.45) is 0 Å². The average Bonchev–Trinajstić information content (AvgIpc) is 2.26. The van der Waals surface area contributed by atoms with Crippen molar-refractivity contribution < 1.29 is 17.1 Å². The van der Waals surface area contributed by atoms with Gasteiger partial charge in [-0.15, -0.1) is 4.98 Å². The van der Waals surface area contributed by atoms with E-state index in [-0.39, 0.29) is 12.4 Å². The lowest BCUT2D eigenvalue weighted by Crippen LogP contribution is -3.00. The van der Waals surface area contributed by atoms with Crippen LogP contribution in [-0.4, -0.2) is 38.2 Å². The molecule has 4 nitrogen and oxygen atoms in total. The summed E-state index contributed by atoms with van der Waals surface area (Å²) in [6.45, 7) is 0. The number of methoxy groups -OCH3 is 1. The van der Waals surface area contributed by atoms with Gasteiger partial charge >= 0.3 is 5.95 Å². The van der Waals surface area contributed by atoms with Crippen LogP contribution in [0.15, 0.2) is 24.3 Å². The fraction of sp³-hybridized carbons (Fsp3) is 0.333. The molecule has 0 bridgehead atoms. The molecule has 1 heterocycles. The SMILES string of the molecule is COc1nc([N+](C)(C)C)nc2ccccc12.[Cl-]. The molecule has 0 saturated heterocycles. The molecule has 0 atom stereocenters. The molecule has 2 rings (SSSR count). The maximum absolute atomic E-state index is 5.30. The quantitative estimate of drug-likeness (QED) is 0.634. The van der Waals surface area contributed by atoms with E-state index in [9.17, 15) is 0 Å². The second-order valence-corrected chi connectivity index (χ2v) is 4.56. The molecule has 17 heavy (non-hydrogen) atoms. The molecule has 0 aliphatic carbocycles. The second kappa shape index (κ2) is 4.85. The van der Waals surface area contributed by atoms with Gasteiger partial charge in [-0.25, -0.2) is 0 Å². The topological polar surface area (TPSA) is 35.0 Å². The molecule has 0 amide bonds. The summed E-state index contributed by atoms with van der Waals surface area (Å²) in [6.07, 6.45) is 0. The smallest absolute Gasteiger partial charge is 0.332 e. The Hall–Kier alpha value is -1.39. The van der Waals surface area contributed by atoms with Crippen molar-refractivity contribution in [2.45, 2.75) is 0 Å². The predicted molar refractivity (Wildman–Crippen MR) is 65.7 cm³/mol. The zero-order valence-electron chi connectivity index (χ0n) is 10.4. The predicted octanol–water partition coefficient (Wildman–Crippen LogP) is -1.16.